The molecule has 0 amide bonds. The van der Waals surface area contributed by atoms with Crippen molar-refractivity contribution in [2.24, 2.45) is 10.9 Å². The van der Waals surface area contributed by atoms with Crippen molar-refractivity contribution in [2.45, 2.75) is 33.3 Å². The number of rotatable bonds is 10. The van der Waals surface area contributed by atoms with Gasteiger partial charge in [0.1, 0.15) is 0 Å². The lowest BCUT2D eigenvalue weighted by Gasteiger charge is -2.15. The first-order chi connectivity index (χ1) is 11.2. The monoisotopic (exact) mass is 449 g/mol. The van der Waals surface area contributed by atoms with Gasteiger partial charge in [0.2, 0.25) is 0 Å². The molecule has 6 heteroatoms. The summed E-state index contributed by atoms with van der Waals surface area (Å²) in [6.45, 7) is 9.20. The molecule has 1 aromatic carbocycles. The molecule has 0 spiro atoms. The number of aliphatic hydroxyl groups excluding tert-OH is 1. The Balaban J connectivity index is 0.00000529. The number of aliphatic imine (C=N–C) groups is 1. The van der Waals surface area contributed by atoms with E-state index in [1.165, 1.54) is 5.56 Å². The Morgan fingerprint density at radius 3 is 2.54 bits per heavy atom. The van der Waals surface area contributed by atoms with Gasteiger partial charge in [0.25, 0.3) is 0 Å². The maximum Gasteiger partial charge on any atom is 0.191 e. The van der Waals surface area contributed by atoms with E-state index in [-0.39, 0.29) is 42.6 Å². The van der Waals surface area contributed by atoms with Gasteiger partial charge in [-0.1, -0.05) is 37.3 Å². The molecule has 0 saturated carbocycles. The molecule has 138 valence electrons. The Kier molecular flexibility index (Phi) is 14.0. The van der Waals surface area contributed by atoms with Crippen LogP contribution in [0.15, 0.2) is 35.3 Å². The van der Waals surface area contributed by atoms with Gasteiger partial charge in [-0.05, 0) is 31.7 Å². The van der Waals surface area contributed by atoms with Gasteiger partial charge in [-0.15, -0.1) is 24.0 Å². The Hall–Kier alpha value is -0.860. The van der Waals surface area contributed by atoms with Gasteiger partial charge < -0.3 is 20.5 Å². The molecule has 0 aliphatic carbocycles. The number of hydrogen-bond donors (Lipinski definition) is 3. The van der Waals surface area contributed by atoms with Gasteiger partial charge in [0.05, 0.1) is 6.10 Å². The Morgan fingerprint density at radius 2 is 1.92 bits per heavy atom. The number of hydrogen-bond acceptors (Lipinski definition) is 3. The molecule has 0 aliphatic heterocycles. The third kappa shape index (κ3) is 10.1. The highest BCUT2D eigenvalue weighted by atomic mass is 127. The van der Waals surface area contributed by atoms with Gasteiger partial charge in [0.15, 0.2) is 5.96 Å². The van der Waals surface area contributed by atoms with Crippen LogP contribution in [0, 0.1) is 5.92 Å². The van der Waals surface area contributed by atoms with Crippen LogP contribution in [0.3, 0.4) is 0 Å². The van der Waals surface area contributed by atoms with Crippen LogP contribution >= 0.6 is 24.0 Å². The molecule has 0 aliphatic rings. The standard InChI is InChI=1S/C18H31N3O2.HI/c1-4-19-18(21-13-15(2)14-22)20-11-8-12-23-16(3)17-9-6-5-7-10-17;/h5-7,9-10,15-16,22H,4,8,11-14H2,1-3H3,(H2,19,20,21);1H. The van der Waals surface area contributed by atoms with Crippen LogP contribution in [0.5, 0.6) is 0 Å². The van der Waals surface area contributed by atoms with Gasteiger partial charge in [-0.3, -0.25) is 4.99 Å². The number of guanidine groups is 1. The van der Waals surface area contributed by atoms with Crippen LogP contribution in [-0.4, -0.2) is 43.9 Å². The Labute approximate surface area is 163 Å². The third-order valence-corrected chi connectivity index (χ3v) is 3.47. The Morgan fingerprint density at radius 1 is 1.21 bits per heavy atom. The first-order valence-electron chi connectivity index (χ1n) is 8.47. The van der Waals surface area contributed by atoms with Gasteiger partial charge >= 0.3 is 0 Å². The molecule has 0 heterocycles. The van der Waals surface area contributed by atoms with Crippen LogP contribution in [0.1, 0.15) is 38.9 Å². The second-order valence-electron chi connectivity index (χ2n) is 5.71. The Bertz CT molecular complexity index is 443. The van der Waals surface area contributed by atoms with Gasteiger partial charge in [0, 0.05) is 32.8 Å². The van der Waals surface area contributed by atoms with Gasteiger partial charge in [-0.25, -0.2) is 0 Å². The van der Waals surface area contributed by atoms with E-state index >= 15 is 0 Å². The zero-order valence-corrected chi connectivity index (χ0v) is 17.3. The predicted molar refractivity (Wildman–Crippen MR) is 111 cm³/mol. The highest BCUT2D eigenvalue weighted by Gasteiger charge is 2.04. The first-order valence-corrected chi connectivity index (χ1v) is 8.47. The minimum absolute atomic E-state index is 0. The van der Waals surface area contributed by atoms with Crippen LogP contribution in [0.2, 0.25) is 0 Å². The van der Waals surface area contributed by atoms with Crippen LogP contribution in [-0.2, 0) is 4.74 Å². The summed E-state index contributed by atoms with van der Waals surface area (Å²) in [5.41, 5.74) is 1.20. The SMILES string of the molecule is CCNC(=NCC(C)CO)NCCCOC(C)c1ccccc1.I. The normalized spacial score (nSPS) is 13.8. The number of aliphatic hydroxyl groups is 1. The minimum atomic E-state index is 0. The zero-order chi connectivity index (χ0) is 16.9. The second kappa shape index (κ2) is 14.5. The maximum atomic E-state index is 9.04. The fraction of sp³-hybridized carbons (Fsp3) is 0.611. The highest BCUT2D eigenvalue weighted by Crippen LogP contribution is 2.15. The molecule has 0 aromatic heterocycles. The molecule has 3 N–H and O–H groups in total. The number of halogens is 1. The largest absolute Gasteiger partial charge is 0.396 e. The van der Waals surface area contributed by atoms with Gasteiger partial charge in [-0.2, -0.15) is 0 Å². The van der Waals surface area contributed by atoms with E-state index in [0.717, 1.165) is 25.5 Å². The third-order valence-electron chi connectivity index (χ3n) is 3.47. The van der Waals surface area contributed by atoms with Crippen molar-refractivity contribution in [1.29, 1.82) is 0 Å². The van der Waals surface area contributed by atoms with Crippen molar-refractivity contribution in [3.05, 3.63) is 35.9 Å². The lowest BCUT2D eigenvalue weighted by Crippen LogP contribution is -2.38. The van der Waals surface area contributed by atoms with Crippen LogP contribution in [0.4, 0.5) is 0 Å². The topological polar surface area (TPSA) is 65.9 Å². The molecule has 0 radical (unpaired) electrons. The summed E-state index contributed by atoms with van der Waals surface area (Å²) in [4.78, 5) is 4.46. The van der Waals surface area contributed by atoms with Crippen LogP contribution in [0.25, 0.3) is 0 Å². The zero-order valence-electron chi connectivity index (χ0n) is 15.0. The first kappa shape index (κ1) is 23.1. The van der Waals surface area contributed by atoms with Crippen molar-refractivity contribution in [3.8, 4) is 0 Å². The summed E-state index contributed by atoms with van der Waals surface area (Å²) in [7, 11) is 0. The van der Waals surface area contributed by atoms with E-state index in [2.05, 4.69) is 34.7 Å². The van der Waals surface area contributed by atoms with E-state index in [0.29, 0.717) is 13.2 Å². The van der Waals surface area contributed by atoms with E-state index in [4.69, 9.17) is 9.84 Å². The van der Waals surface area contributed by atoms with Crippen molar-refractivity contribution < 1.29 is 9.84 Å². The average Bonchev–Trinajstić information content (AvgIpc) is 2.59. The lowest BCUT2D eigenvalue weighted by molar-refractivity contribution is 0.0646. The fourth-order valence-electron chi connectivity index (χ4n) is 2.01. The quantitative estimate of drug-likeness (QED) is 0.223. The number of benzene rings is 1. The average molecular weight is 449 g/mol. The number of nitrogens with zero attached hydrogens (tertiary/aromatic N) is 1. The van der Waals surface area contributed by atoms with E-state index in [1.54, 1.807) is 0 Å². The molecular formula is C18H32IN3O2. The van der Waals surface area contributed by atoms with E-state index < -0.39 is 0 Å². The van der Waals surface area contributed by atoms with Crippen molar-refractivity contribution in [3.63, 3.8) is 0 Å². The molecule has 5 nitrogen and oxygen atoms in total. The lowest BCUT2D eigenvalue weighted by atomic mass is 10.1. The van der Waals surface area contributed by atoms with E-state index in [1.807, 2.05) is 32.0 Å². The summed E-state index contributed by atoms with van der Waals surface area (Å²) in [5, 5.41) is 15.5. The summed E-state index contributed by atoms with van der Waals surface area (Å²) < 4.78 is 5.85. The fourth-order valence-corrected chi connectivity index (χ4v) is 2.01. The molecule has 1 rings (SSSR count). The van der Waals surface area contributed by atoms with Crippen molar-refractivity contribution in [2.75, 3.05) is 32.8 Å². The summed E-state index contributed by atoms with van der Waals surface area (Å²) in [6, 6.07) is 10.2. The molecular weight excluding hydrogens is 417 g/mol. The molecule has 1 aromatic rings. The smallest absolute Gasteiger partial charge is 0.191 e. The molecule has 24 heavy (non-hydrogen) atoms. The minimum Gasteiger partial charge on any atom is -0.396 e. The number of ether oxygens (including phenoxy) is 1. The molecule has 2 unspecified atom stereocenters. The molecule has 0 bridgehead atoms. The summed E-state index contributed by atoms with van der Waals surface area (Å²) >= 11 is 0. The summed E-state index contributed by atoms with van der Waals surface area (Å²) in [6.07, 6.45) is 1.03. The second-order valence-corrected chi connectivity index (χ2v) is 5.71. The van der Waals surface area contributed by atoms with Crippen LogP contribution < -0.4 is 10.6 Å². The molecule has 0 saturated heterocycles. The van der Waals surface area contributed by atoms with Crippen molar-refractivity contribution >= 4 is 29.9 Å². The van der Waals surface area contributed by atoms with E-state index in [9.17, 15) is 0 Å². The highest BCUT2D eigenvalue weighted by molar-refractivity contribution is 14.0. The molecule has 0 fully saturated rings. The predicted octanol–water partition coefficient (Wildman–Crippen LogP) is 2.96. The summed E-state index contributed by atoms with van der Waals surface area (Å²) in [5.74, 6) is 0.976. The number of nitrogens with one attached hydrogen (secondary N) is 2. The maximum absolute atomic E-state index is 9.04. The molecule has 2 atom stereocenters. The van der Waals surface area contributed by atoms with Crippen molar-refractivity contribution in [1.82, 2.24) is 10.6 Å².